The quantitative estimate of drug-likeness (QED) is 0.822. The second-order valence-corrected chi connectivity index (χ2v) is 4.50. The van der Waals surface area contributed by atoms with Crippen LogP contribution in [0.25, 0.3) is 10.7 Å². The van der Waals surface area contributed by atoms with Crippen LogP contribution in [0.4, 0.5) is 0 Å². The number of ether oxygens (including phenoxy) is 1. The molecule has 2 aromatic rings. The SMILES string of the molecule is c1csc(-c2cnc(C3COCCN3)[nH]2)n1. The summed E-state index contributed by atoms with van der Waals surface area (Å²) in [5.41, 5.74) is 0.970. The number of thiazole rings is 1. The Labute approximate surface area is 96.9 Å². The van der Waals surface area contributed by atoms with Crippen molar-refractivity contribution in [3.8, 4) is 10.7 Å². The van der Waals surface area contributed by atoms with Crippen molar-refractivity contribution in [2.24, 2.45) is 0 Å². The third-order valence-electron chi connectivity index (χ3n) is 2.51. The summed E-state index contributed by atoms with van der Waals surface area (Å²) >= 11 is 1.60. The zero-order chi connectivity index (χ0) is 10.8. The van der Waals surface area contributed by atoms with E-state index in [9.17, 15) is 0 Å². The van der Waals surface area contributed by atoms with Gasteiger partial charge in [0.05, 0.1) is 31.1 Å². The van der Waals surface area contributed by atoms with E-state index in [2.05, 4.69) is 20.3 Å². The predicted molar refractivity (Wildman–Crippen MR) is 61.3 cm³/mol. The van der Waals surface area contributed by atoms with Crippen LogP contribution in [-0.4, -0.2) is 34.7 Å². The van der Waals surface area contributed by atoms with E-state index in [4.69, 9.17) is 4.74 Å². The summed E-state index contributed by atoms with van der Waals surface area (Å²) in [6.07, 6.45) is 3.62. The van der Waals surface area contributed by atoms with Crippen LogP contribution in [-0.2, 0) is 4.74 Å². The Kier molecular flexibility index (Phi) is 2.69. The van der Waals surface area contributed by atoms with E-state index < -0.39 is 0 Å². The van der Waals surface area contributed by atoms with Gasteiger partial charge in [-0.05, 0) is 0 Å². The van der Waals surface area contributed by atoms with Crippen LogP contribution in [0.3, 0.4) is 0 Å². The summed E-state index contributed by atoms with van der Waals surface area (Å²) in [5.74, 6) is 0.921. The lowest BCUT2D eigenvalue weighted by Crippen LogP contribution is -2.35. The first-order valence-electron chi connectivity index (χ1n) is 5.19. The molecular weight excluding hydrogens is 224 g/mol. The minimum Gasteiger partial charge on any atom is -0.378 e. The Bertz CT molecular complexity index is 447. The van der Waals surface area contributed by atoms with Gasteiger partial charge in [0.15, 0.2) is 0 Å². The molecule has 2 aromatic heterocycles. The van der Waals surface area contributed by atoms with Gasteiger partial charge in [-0.2, -0.15) is 0 Å². The van der Waals surface area contributed by atoms with Crippen molar-refractivity contribution < 1.29 is 4.74 Å². The van der Waals surface area contributed by atoms with Crippen molar-refractivity contribution in [1.29, 1.82) is 0 Å². The van der Waals surface area contributed by atoms with E-state index >= 15 is 0 Å². The highest BCUT2D eigenvalue weighted by atomic mass is 32.1. The van der Waals surface area contributed by atoms with Gasteiger partial charge in [0.25, 0.3) is 0 Å². The lowest BCUT2D eigenvalue weighted by Gasteiger charge is -2.21. The normalized spacial score (nSPS) is 21.1. The highest BCUT2D eigenvalue weighted by molar-refractivity contribution is 7.13. The molecule has 1 aliphatic rings. The molecule has 0 aromatic carbocycles. The summed E-state index contributed by atoms with van der Waals surface area (Å²) in [6.45, 7) is 2.32. The minimum atomic E-state index is 0.169. The summed E-state index contributed by atoms with van der Waals surface area (Å²) < 4.78 is 5.40. The number of morpholine rings is 1. The maximum atomic E-state index is 5.40. The molecule has 84 valence electrons. The molecule has 16 heavy (non-hydrogen) atoms. The van der Waals surface area contributed by atoms with E-state index in [1.54, 1.807) is 17.5 Å². The van der Waals surface area contributed by atoms with Crippen molar-refractivity contribution in [1.82, 2.24) is 20.3 Å². The Morgan fingerprint density at radius 3 is 3.19 bits per heavy atom. The van der Waals surface area contributed by atoms with Gasteiger partial charge in [-0.15, -0.1) is 11.3 Å². The average Bonchev–Trinajstić information content (AvgIpc) is 3.01. The van der Waals surface area contributed by atoms with Crippen molar-refractivity contribution >= 4 is 11.3 Å². The molecule has 0 amide bonds. The highest BCUT2D eigenvalue weighted by Gasteiger charge is 2.18. The summed E-state index contributed by atoms with van der Waals surface area (Å²) in [4.78, 5) is 11.9. The molecular formula is C10H12N4OS. The Morgan fingerprint density at radius 1 is 1.44 bits per heavy atom. The van der Waals surface area contributed by atoms with Crippen LogP contribution < -0.4 is 5.32 Å². The van der Waals surface area contributed by atoms with Gasteiger partial charge in [0.1, 0.15) is 10.8 Å². The van der Waals surface area contributed by atoms with Gasteiger partial charge >= 0.3 is 0 Å². The molecule has 6 heteroatoms. The number of rotatable bonds is 2. The topological polar surface area (TPSA) is 62.8 Å². The fourth-order valence-corrected chi connectivity index (χ4v) is 2.32. The fourth-order valence-electron chi connectivity index (χ4n) is 1.72. The summed E-state index contributed by atoms with van der Waals surface area (Å²) in [6, 6.07) is 0.169. The van der Waals surface area contributed by atoms with Gasteiger partial charge in [0.2, 0.25) is 0 Å². The van der Waals surface area contributed by atoms with Crippen LogP contribution in [0.2, 0.25) is 0 Å². The van der Waals surface area contributed by atoms with Crippen molar-refractivity contribution in [2.75, 3.05) is 19.8 Å². The number of hydrogen-bond acceptors (Lipinski definition) is 5. The monoisotopic (exact) mass is 236 g/mol. The first-order valence-corrected chi connectivity index (χ1v) is 6.07. The molecule has 1 atom stereocenters. The molecule has 2 N–H and O–H groups in total. The molecule has 0 spiro atoms. The molecule has 1 fully saturated rings. The molecule has 0 radical (unpaired) electrons. The van der Waals surface area contributed by atoms with Gasteiger partial charge in [-0.3, -0.25) is 0 Å². The molecule has 3 rings (SSSR count). The number of imidazole rings is 1. The minimum absolute atomic E-state index is 0.169. The number of aromatic nitrogens is 3. The number of nitrogens with zero attached hydrogens (tertiary/aromatic N) is 2. The van der Waals surface area contributed by atoms with Gasteiger partial charge in [-0.25, -0.2) is 9.97 Å². The van der Waals surface area contributed by atoms with E-state index in [1.807, 2.05) is 11.6 Å². The molecule has 1 saturated heterocycles. The van der Waals surface area contributed by atoms with Gasteiger partial charge in [-0.1, -0.05) is 0 Å². The van der Waals surface area contributed by atoms with Gasteiger partial charge < -0.3 is 15.0 Å². The van der Waals surface area contributed by atoms with Crippen LogP contribution in [0.1, 0.15) is 11.9 Å². The third-order valence-corrected chi connectivity index (χ3v) is 3.32. The van der Waals surface area contributed by atoms with Crippen LogP contribution in [0.15, 0.2) is 17.8 Å². The molecule has 5 nitrogen and oxygen atoms in total. The number of H-pyrrole nitrogens is 1. The molecule has 1 unspecified atom stereocenters. The molecule has 3 heterocycles. The summed E-state index contributed by atoms with van der Waals surface area (Å²) in [5, 5.41) is 6.28. The highest BCUT2D eigenvalue weighted by Crippen LogP contribution is 2.21. The van der Waals surface area contributed by atoms with E-state index in [1.165, 1.54) is 0 Å². The van der Waals surface area contributed by atoms with E-state index in [0.29, 0.717) is 6.61 Å². The first-order chi connectivity index (χ1) is 7.93. The fraction of sp³-hybridized carbons (Fsp3) is 0.400. The second kappa shape index (κ2) is 4.32. The maximum absolute atomic E-state index is 5.40. The lowest BCUT2D eigenvalue weighted by molar-refractivity contribution is 0.0745. The third kappa shape index (κ3) is 1.87. The average molecular weight is 236 g/mol. The van der Waals surface area contributed by atoms with Crippen molar-refractivity contribution in [3.05, 3.63) is 23.6 Å². The van der Waals surface area contributed by atoms with E-state index in [0.717, 1.165) is 29.7 Å². The van der Waals surface area contributed by atoms with Crippen LogP contribution in [0.5, 0.6) is 0 Å². The first kappa shape index (κ1) is 9.95. The van der Waals surface area contributed by atoms with Crippen molar-refractivity contribution in [2.45, 2.75) is 6.04 Å². The number of hydrogen-bond donors (Lipinski definition) is 2. The van der Waals surface area contributed by atoms with E-state index in [-0.39, 0.29) is 6.04 Å². The predicted octanol–water partition coefficient (Wildman–Crippen LogP) is 1.19. The number of aromatic amines is 1. The molecule has 1 aliphatic heterocycles. The smallest absolute Gasteiger partial charge is 0.141 e. The zero-order valence-corrected chi connectivity index (χ0v) is 9.46. The van der Waals surface area contributed by atoms with Crippen LogP contribution in [0, 0.1) is 0 Å². The summed E-state index contributed by atoms with van der Waals surface area (Å²) in [7, 11) is 0. The van der Waals surface area contributed by atoms with Gasteiger partial charge in [0, 0.05) is 18.1 Å². The zero-order valence-electron chi connectivity index (χ0n) is 8.64. The van der Waals surface area contributed by atoms with Crippen molar-refractivity contribution in [3.63, 3.8) is 0 Å². The Hall–Kier alpha value is -1.24. The number of nitrogens with one attached hydrogen (secondary N) is 2. The second-order valence-electron chi connectivity index (χ2n) is 3.60. The van der Waals surface area contributed by atoms with Crippen LogP contribution >= 0.6 is 11.3 Å². The molecule has 0 saturated carbocycles. The molecule has 0 bridgehead atoms. The largest absolute Gasteiger partial charge is 0.378 e. The lowest BCUT2D eigenvalue weighted by atomic mass is 10.2. The Morgan fingerprint density at radius 2 is 2.44 bits per heavy atom. The standard InChI is InChI=1S/C10H12N4OS/c1-3-15-6-8(11-1)9-13-5-7(14-9)10-12-2-4-16-10/h2,4-5,8,11H,1,3,6H2,(H,13,14). The maximum Gasteiger partial charge on any atom is 0.141 e. The molecule has 0 aliphatic carbocycles. The Balaban J connectivity index is 1.82.